The fourth-order valence-corrected chi connectivity index (χ4v) is 2.78. The summed E-state index contributed by atoms with van der Waals surface area (Å²) in [5.41, 5.74) is 0. The van der Waals surface area contributed by atoms with E-state index in [2.05, 4.69) is 4.90 Å². The standard InChI is InChI=1S/C13H23NO3/c1-2-16-13(15)12-6-3-8-14(12)9-7-11-5-4-10-17-11/h11-12H,2-10H2,1H3. The number of hydrogen-bond donors (Lipinski definition) is 0. The average molecular weight is 241 g/mol. The molecule has 0 bridgehead atoms. The van der Waals surface area contributed by atoms with Crippen molar-refractivity contribution in [3.05, 3.63) is 0 Å². The fraction of sp³-hybridized carbons (Fsp3) is 0.923. The van der Waals surface area contributed by atoms with Gasteiger partial charge in [-0.2, -0.15) is 0 Å². The molecule has 2 saturated heterocycles. The molecule has 2 unspecified atom stereocenters. The second-order valence-electron chi connectivity index (χ2n) is 4.87. The van der Waals surface area contributed by atoms with Gasteiger partial charge in [0.1, 0.15) is 6.04 Å². The highest BCUT2D eigenvalue weighted by atomic mass is 16.5. The van der Waals surface area contributed by atoms with Crippen molar-refractivity contribution < 1.29 is 14.3 Å². The first kappa shape index (κ1) is 12.8. The number of carbonyl (C=O) groups excluding carboxylic acids is 1. The number of carbonyl (C=O) groups is 1. The molecule has 2 fully saturated rings. The van der Waals surface area contributed by atoms with Gasteiger partial charge >= 0.3 is 5.97 Å². The number of nitrogens with zero attached hydrogens (tertiary/aromatic N) is 1. The molecule has 2 aliphatic rings. The van der Waals surface area contributed by atoms with Crippen LogP contribution in [0.5, 0.6) is 0 Å². The lowest BCUT2D eigenvalue weighted by Gasteiger charge is -2.23. The molecule has 0 radical (unpaired) electrons. The van der Waals surface area contributed by atoms with Crippen LogP contribution in [0.25, 0.3) is 0 Å². The average Bonchev–Trinajstić information content (AvgIpc) is 2.98. The van der Waals surface area contributed by atoms with E-state index in [0.717, 1.165) is 39.0 Å². The van der Waals surface area contributed by atoms with Crippen LogP contribution in [-0.2, 0) is 14.3 Å². The quantitative estimate of drug-likeness (QED) is 0.685. The highest BCUT2D eigenvalue weighted by Gasteiger charge is 2.32. The van der Waals surface area contributed by atoms with Crippen LogP contribution in [0, 0.1) is 0 Å². The molecule has 0 amide bonds. The third-order valence-electron chi connectivity index (χ3n) is 3.68. The summed E-state index contributed by atoms with van der Waals surface area (Å²) in [6.45, 7) is 5.24. The Morgan fingerprint density at radius 1 is 1.41 bits per heavy atom. The van der Waals surface area contributed by atoms with E-state index in [-0.39, 0.29) is 12.0 Å². The van der Waals surface area contributed by atoms with Gasteiger partial charge in [0.25, 0.3) is 0 Å². The molecule has 0 aliphatic carbocycles. The third-order valence-corrected chi connectivity index (χ3v) is 3.68. The predicted octanol–water partition coefficient (Wildman–Crippen LogP) is 1.58. The normalized spacial score (nSPS) is 29.7. The zero-order chi connectivity index (χ0) is 12.1. The number of rotatable bonds is 5. The smallest absolute Gasteiger partial charge is 0.323 e. The Morgan fingerprint density at radius 2 is 2.29 bits per heavy atom. The number of likely N-dealkylation sites (tertiary alicyclic amines) is 1. The Balaban J connectivity index is 1.76. The van der Waals surface area contributed by atoms with Gasteiger partial charge in [-0.25, -0.2) is 0 Å². The monoisotopic (exact) mass is 241 g/mol. The van der Waals surface area contributed by atoms with Crippen LogP contribution in [-0.4, -0.2) is 49.3 Å². The number of ether oxygens (including phenoxy) is 2. The SMILES string of the molecule is CCOC(=O)C1CCCN1CCC1CCCO1. The molecule has 0 spiro atoms. The Bertz CT molecular complexity index is 251. The highest BCUT2D eigenvalue weighted by molar-refractivity contribution is 5.76. The van der Waals surface area contributed by atoms with Crippen molar-refractivity contribution in [3.63, 3.8) is 0 Å². The molecule has 98 valence electrons. The third kappa shape index (κ3) is 3.42. The number of esters is 1. The van der Waals surface area contributed by atoms with Gasteiger partial charge in [0.2, 0.25) is 0 Å². The van der Waals surface area contributed by atoms with Crippen molar-refractivity contribution in [2.45, 2.75) is 51.2 Å². The molecule has 2 rings (SSSR count). The lowest BCUT2D eigenvalue weighted by molar-refractivity contribution is -0.148. The lowest BCUT2D eigenvalue weighted by Crippen LogP contribution is -2.38. The van der Waals surface area contributed by atoms with E-state index >= 15 is 0 Å². The maximum absolute atomic E-state index is 11.8. The molecule has 0 saturated carbocycles. The van der Waals surface area contributed by atoms with Gasteiger partial charge in [-0.1, -0.05) is 0 Å². The molecular formula is C13H23NO3. The summed E-state index contributed by atoms with van der Waals surface area (Å²) >= 11 is 0. The first-order valence-corrected chi connectivity index (χ1v) is 6.83. The van der Waals surface area contributed by atoms with Crippen LogP contribution < -0.4 is 0 Å². The van der Waals surface area contributed by atoms with E-state index in [1.165, 1.54) is 12.8 Å². The molecule has 0 N–H and O–H groups in total. The van der Waals surface area contributed by atoms with Crippen molar-refractivity contribution in [1.82, 2.24) is 4.90 Å². The van der Waals surface area contributed by atoms with E-state index in [1.54, 1.807) is 0 Å². The van der Waals surface area contributed by atoms with Crippen molar-refractivity contribution in [3.8, 4) is 0 Å². The van der Waals surface area contributed by atoms with Crippen molar-refractivity contribution in [1.29, 1.82) is 0 Å². The van der Waals surface area contributed by atoms with Crippen LogP contribution in [0.2, 0.25) is 0 Å². The summed E-state index contributed by atoms with van der Waals surface area (Å²) in [7, 11) is 0. The van der Waals surface area contributed by atoms with Crippen LogP contribution in [0.15, 0.2) is 0 Å². The molecule has 0 aromatic carbocycles. The van der Waals surface area contributed by atoms with Crippen LogP contribution in [0.3, 0.4) is 0 Å². The van der Waals surface area contributed by atoms with Crippen molar-refractivity contribution in [2.75, 3.05) is 26.3 Å². The van der Waals surface area contributed by atoms with Gasteiger partial charge < -0.3 is 9.47 Å². The molecular weight excluding hydrogens is 218 g/mol. The first-order valence-electron chi connectivity index (χ1n) is 6.83. The minimum atomic E-state index is -0.0441. The van der Waals surface area contributed by atoms with Gasteiger partial charge in [-0.3, -0.25) is 9.69 Å². The zero-order valence-corrected chi connectivity index (χ0v) is 10.7. The molecule has 0 aromatic rings. The highest BCUT2D eigenvalue weighted by Crippen LogP contribution is 2.21. The Labute approximate surface area is 103 Å². The first-order chi connectivity index (χ1) is 8.31. The lowest BCUT2D eigenvalue weighted by atomic mass is 10.1. The Hall–Kier alpha value is -0.610. The molecule has 2 atom stereocenters. The predicted molar refractivity (Wildman–Crippen MR) is 64.8 cm³/mol. The van der Waals surface area contributed by atoms with Gasteiger partial charge in [0.15, 0.2) is 0 Å². The minimum absolute atomic E-state index is 0.00338. The molecule has 2 aliphatic heterocycles. The second-order valence-corrected chi connectivity index (χ2v) is 4.87. The summed E-state index contributed by atoms with van der Waals surface area (Å²) < 4.78 is 10.7. The zero-order valence-electron chi connectivity index (χ0n) is 10.7. The summed E-state index contributed by atoms with van der Waals surface area (Å²) in [4.78, 5) is 14.0. The molecule has 4 nitrogen and oxygen atoms in total. The van der Waals surface area contributed by atoms with E-state index in [4.69, 9.17) is 9.47 Å². The van der Waals surface area contributed by atoms with Crippen molar-refractivity contribution in [2.24, 2.45) is 0 Å². The summed E-state index contributed by atoms with van der Waals surface area (Å²) in [6.07, 6.45) is 5.89. The Morgan fingerprint density at radius 3 is 3.00 bits per heavy atom. The van der Waals surface area contributed by atoms with Gasteiger partial charge in [-0.05, 0) is 45.6 Å². The van der Waals surface area contributed by atoms with E-state index in [0.29, 0.717) is 12.7 Å². The van der Waals surface area contributed by atoms with E-state index in [9.17, 15) is 4.79 Å². The van der Waals surface area contributed by atoms with E-state index in [1.807, 2.05) is 6.92 Å². The summed E-state index contributed by atoms with van der Waals surface area (Å²) in [6, 6.07) is -0.00338. The molecule has 0 aromatic heterocycles. The van der Waals surface area contributed by atoms with Crippen molar-refractivity contribution >= 4 is 5.97 Å². The summed E-state index contributed by atoms with van der Waals surface area (Å²) in [5, 5.41) is 0. The fourth-order valence-electron chi connectivity index (χ4n) is 2.78. The second kappa shape index (κ2) is 6.36. The Kier molecular flexibility index (Phi) is 4.80. The molecule has 4 heteroatoms. The maximum Gasteiger partial charge on any atom is 0.323 e. The minimum Gasteiger partial charge on any atom is -0.465 e. The van der Waals surface area contributed by atoms with Crippen LogP contribution in [0.4, 0.5) is 0 Å². The maximum atomic E-state index is 11.8. The number of hydrogen-bond acceptors (Lipinski definition) is 4. The van der Waals surface area contributed by atoms with Gasteiger partial charge in [0.05, 0.1) is 12.7 Å². The summed E-state index contributed by atoms with van der Waals surface area (Å²) in [5.74, 6) is -0.0441. The van der Waals surface area contributed by atoms with Gasteiger partial charge in [0, 0.05) is 13.2 Å². The largest absolute Gasteiger partial charge is 0.465 e. The van der Waals surface area contributed by atoms with Crippen LogP contribution in [0.1, 0.15) is 39.0 Å². The van der Waals surface area contributed by atoms with E-state index < -0.39 is 0 Å². The molecule has 2 heterocycles. The molecule has 17 heavy (non-hydrogen) atoms. The van der Waals surface area contributed by atoms with Crippen LogP contribution >= 0.6 is 0 Å². The topological polar surface area (TPSA) is 38.8 Å². The van der Waals surface area contributed by atoms with Gasteiger partial charge in [-0.15, -0.1) is 0 Å².